The highest BCUT2D eigenvalue weighted by Crippen LogP contribution is 2.37. The van der Waals surface area contributed by atoms with Crippen LogP contribution in [0, 0.1) is 0 Å². The molecule has 0 spiro atoms. The molecule has 2 heterocycles. The van der Waals surface area contributed by atoms with Gasteiger partial charge in [-0.2, -0.15) is 5.10 Å². The number of benzene rings is 2. The van der Waals surface area contributed by atoms with Crippen molar-refractivity contribution in [1.29, 1.82) is 0 Å². The summed E-state index contributed by atoms with van der Waals surface area (Å²) in [6.45, 7) is 2.10. The van der Waals surface area contributed by atoms with E-state index in [1.165, 1.54) is 0 Å². The first-order valence-electron chi connectivity index (χ1n) is 9.85. The van der Waals surface area contributed by atoms with Crippen molar-refractivity contribution < 1.29 is 9.90 Å². The number of halogens is 1. The molecule has 0 aliphatic heterocycles. The number of carboxylic acids is 1. The van der Waals surface area contributed by atoms with Gasteiger partial charge in [0.2, 0.25) is 0 Å². The third-order valence-electron chi connectivity index (χ3n) is 5.10. The Bertz CT molecular complexity index is 1300. The van der Waals surface area contributed by atoms with Gasteiger partial charge in [0.25, 0.3) is 0 Å². The van der Waals surface area contributed by atoms with E-state index >= 15 is 0 Å². The molecule has 0 bridgehead atoms. The standard InChI is InChI=1S/C25H20ClN3O2/c1-2-20(21-11-12-27-15-22(21)26)25(18-8-9-23-19(13-18)14-28-29-23)17-6-3-16(4-7-17)5-10-24(30)31/h3-15H,2H2,1H3,(H,28,29)(H,30,31). The second-order valence-corrected chi connectivity index (χ2v) is 7.44. The van der Waals surface area contributed by atoms with Crippen molar-refractivity contribution in [1.82, 2.24) is 15.2 Å². The Balaban J connectivity index is 1.92. The molecule has 0 aliphatic carbocycles. The van der Waals surface area contributed by atoms with Crippen LogP contribution in [-0.2, 0) is 4.79 Å². The number of aliphatic carboxylic acids is 1. The molecule has 4 aromatic rings. The Morgan fingerprint density at radius 2 is 1.87 bits per heavy atom. The maximum atomic E-state index is 10.8. The molecule has 0 fully saturated rings. The van der Waals surface area contributed by atoms with Crippen LogP contribution in [0.3, 0.4) is 0 Å². The van der Waals surface area contributed by atoms with Gasteiger partial charge >= 0.3 is 5.97 Å². The summed E-state index contributed by atoms with van der Waals surface area (Å²) in [7, 11) is 0. The number of aromatic nitrogens is 3. The first-order valence-corrected chi connectivity index (χ1v) is 10.2. The van der Waals surface area contributed by atoms with Gasteiger partial charge in [-0.3, -0.25) is 10.1 Å². The van der Waals surface area contributed by atoms with Gasteiger partial charge in [0.1, 0.15) is 0 Å². The smallest absolute Gasteiger partial charge is 0.328 e. The number of hydrogen-bond donors (Lipinski definition) is 2. The molecule has 154 valence electrons. The van der Waals surface area contributed by atoms with Crippen molar-refractivity contribution in [2.24, 2.45) is 0 Å². The average Bonchev–Trinajstić information content (AvgIpc) is 3.25. The summed E-state index contributed by atoms with van der Waals surface area (Å²) in [5.41, 5.74) is 6.95. The molecule has 6 heteroatoms. The minimum Gasteiger partial charge on any atom is -0.478 e. The zero-order valence-corrected chi connectivity index (χ0v) is 17.6. The summed E-state index contributed by atoms with van der Waals surface area (Å²) in [4.78, 5) is 14.9. The molecule has 0 atom stereocenters. The van der Waals surface area contributed by atoms with E-state index in [-0.39, 0.29) is 0 Å². The Kier molecular flexibility index (Phi) is 5.96. The molecule has 0 saturated heterocycles. The van der Waals surface area contributed by atoms with Gasteiger partial charge < -0.3 is 5.11 Å². The maximum Gasteiger partial charge on any atom is 0.328 e. The average molecular weight is 430 g/mol. The molecule has 0 radical (unpaired) electrons. The van der Waals surface area contributed by atoms with E-state index in [0.29, 0.717) is 5.02 Å². The summed E-state index contributed by atoms with van der Waals surface area (Å²) in [5.74, 6) is -0.973. The first-order chi connectivity index (χ1) is 15.1. The van der Waals surface area contributed by atoms with E-state index in [1.54, 1.807) is 24.7 Å². The van der Waals surface area contributed by atoms with Crippen LogP contribution in [0.2, 0.25) is 5.02 Å². The van der Waals surface area contributed by atoms with Crippen LogP contribution in [0.4, 0.5) is 0 Å². The highest BCUT2D eigenvalue weighted by molar-refractivity contribution is 6.32. The lowest BCUT2D eigenvalue weighted by Crippen LogP contribution is -1.96. The number of H-pyrrole nitrogens is 1. The fourth-order valence-electron chi connectivity index (χ4n) is 3.66. The van der Waals surface area contributed by atoms with E-state index < -0.39 is 5.97 Å². The molecular formula is C25H20ClN3O2. The number of rotatable bonds is 6. The Morgan fingerprint density at radius 3 is 2.58 bits per heavy atom. The predicted octanol–water partition coefficient (Wildman–Crippen LogP) is 6.08. The lowest BCUT2D eigenvalue weighted by molar-refractivity contribution is -0.131. The maximum absolute atomic E-state index is 10.8. The van der Waals surface area contributed by atoms with Gasteiger partial charge in [-0.25, -0.2) is 4.79 Å². The van der Waals surface area contributed by atoms with E-state index in [4.69, 9.17) is 16.7 Å². The topological polar surface area (TPSA) is 78.9 Å². The number of allylic oxidation sites excluding steroid dienone is 1. The van der Waals surface area contributed by atoms with Gasteiger partial charge in [-0.15, -0.1) is 0 Å². The van der Waals surface area contributed by atoms with Crippen molar-refractivity contribution in [3.8, 4) is 0 Å². The Morgan fingerprint density at radius 1 is 1.10 bits per heavy atom. The minimum absolute atomic E-state index is 0.599. The van der Waals surface area contributed by atoms with Crippen molar-refractivity contribution in [3.05, 3.63) is 100 Å². The molecular weight excluding hydrogens is 410 g/mol. The summed E-state index contributed by atoms with van der Waals surface area (Å²) < 4.78 is 0. The number of aromatic amines is 1. The number of nitrogens with one attached hydrogen (secondary N) is 1. The van der Waals surface area contributed by atoms with E-state index in [0.717, 1.165) is 56.8 Å². The molecule has 2 N–H and O–H groups in total. The monoisotopic (exact) mass is 429 g/mol. The summed E-state index contributed by atoms with van der Waals surface area (Å²) in [6, 6.07) is 15.9. The number of nitrogens with zero attached hydrogens (tertiary/aromatic N) is 2. The van der Waals surface area contributed by atoms with Crippen molar-refractivity contribution in [3.63, 3.8) is 0 Å². The normalized spacial score (nSPS) is 12.3. The third kappa shape index (κ3) is 4.42. The highest BCUT2D eigenvalue weighted by atomic mass is 35.5. The number of fused-ring (bicyclic) bond motifs is 1. The second-order valence-electron chi connectivity index (χ2n) is 7.03. The number of carbonyl (C=O) groups is 1. The second kappa shape index (κ2) is 8.98. The lowest BCUT2D eigenvalue weighted by atomic mass is 9.88. The van der Waals surface area contributed by atoms with Gasteiger partial charge in [-0.05, 0) is 64.1 Å². The fourth-order valence-corrected chi connectivity index (χ4v) is 3.90. The zero-order valence-electron chi connectivity index (χ0n) is 16.8. The third-order valence-corrected chi connectivity index (χ3v) is 5.40. The summed E-state index contributed by atoms with van der Waals surface area (Å²) in [5, 5.41) is 17.6. The van der Waals surface area contributed by atoms with E-state index in [2.05, 4.69) is 34.2 Å². The summed E-state index contributed by atoms with van der Waals surface area (Å²) >= 11 is 6.51. The van der Waals surface area contributed by atoms with Crippen LogP contribution in [0.5, 0.6) is 0 Å². The Labute approximate surface area is 184 Å². The molecule has 5 nitrogen and oxygen atoms in total. The quantitative estimate of drug-likeness (QED) is 0.364. The van der Waals surface area contributed by atoms with Crippen molar-refractivity contribution in [2.45, 2.75) is 13.3 Å². The predicted molar refractivity (Wildman–Crippen MR) is 125 cm³/mol. The van der Waals surface area contributed by atoms with Gasteiger partial charge in [0.15, 0.2) is 0 Å². The zero-order chi connectivity index (χ0) is 21.8. The SMILES string of the molecule is CCC(=C(c1ccc(C=CC(=O)O)cc1)c1ccc2[nH]ncc2c1)c1ccncc1Cl. The molecule has 31 heavy (non-hydrogen) atoms. The molecule has 4 rings (SSSR count). The van der Waals surface area contributed by atoms with Gasteiger partial charge in [0, 0.05) is 23.9 Å². The van der Waals surface area contributed by atoms with Crippen molar-refractivity contribution in [2.75, 3.05) is 0 Å². The van der Waals surface area contributed by atoms with Crippen LogP contribution in [0.25, 0.3) is 28.1 Å². The molecule has 0 amide bonds. The number of carboxylic acid groups (broad SMARTS) is 1. The van der Waals surface area contributed by atoms with Crippen LogP contribution in [-0.4, -0.2) is 26.3 Å². The molecule has 2 aromatic heterocycles. The molecule has 0 saturated carbocycles. The largest absolute Gasteiger partial charge is 0.478 e. The number of pyridine rings is 1. The van der Waals surface area contributed by atoms with Crippen LogP contribution in [0.15, 0.2) is 73.2 Å². The van der Waals surface area contributed by atoms with Gasteiger partial charge in [0.05, 0.1) is 16.7 Å². The molecule has 0 aliphatic rings. The lowest BCUT2D eigenvalue weighted by Gasteiger charge is -2.17. The molecule has 2 aromatic carbocycles. The number of hydrogen-bond acceptors (Lipinski definition) is 3. The van der Waals surface area contributed by atoms with Crippen LogP contribution < -0.4 is 0 Å². The van der Waals surface area contributed by atoms with Crippen LogP contribution >= 0.6 is 11.6 Å². The Hall–Kier alpha value is -3.70. The van der Waals surface area contributed by atoms with Crippen molar-refractivity contribution >= 4 is 45.7 Å². The van der Waals surface area contributed by atoms with E-state index in [1.807, 2.05) is 36.4 Å². The minimum atomic E-state index is -0.973. The van der Waals surface area contributed by atoms with Gasteiger partial charge in [-0.1, -0.05) is 48.9 Å². The highest BCUT2D eigenvalue weighted by Gasteiger charge is 2.16. The summed E-state index contributed by atoms with van der Waals surface area (Å²) in [6.07, 6.45) is 8.68. The molecule has 0 unspecified atom stereocenters. The van der Waals surface area contributed by atoms with Crippen LogP contribution in [0.1, 0.15) is 35.6 Å². The van der Waals surface area contributed by atoms with E-state index in [9.17, 15) is 4.79 Å². The first kappa shape index (κ1) is 20.6. The fraction of sp³-hybridized carbons (Fsp3) is 0.0800.